The summed E-state index contributed by atoms with van der Waals surface area (Å²) < 4.78 is 7.26. The molecule has 2 heterocycles. The maximum atomic E-state index is 13.8. The summed E-state index contributed by atoms with van der Waals surface area (Å²) in [7, 11) is 1.55. The lowest BCUT2D eigenvalue weighted by Crippen LogP contribution is -2.40. The van der Waals surface area contributed by atoms with Crippen LogP contribution in [0.15, 0.2) is 93.9 Å². The van der Waals surface area contributed by atoms with Crippen LogP contribution in [0, 0.1) is 0 Å². The SMILES string of the molecule is COc1ccc(/C=c2/sc3n(c2=O)[C@@H](c2ccc(Cl)cc2)C(C(=O)Nc2ccccc2)=C(C)N=3)cc1Cl. The van der Waals surface area contributed by atoms with Gasteiger partial charge in [0, 0.05) is 10.7 Å². The normalized spacial score (nSPS) is 15.2. The molecular formula is C28H21Cl2N3O3S. The molecule has 6 nitrogen and oxygen atoms in total. The van der Waals surface area contributed by atoms with Gasteiger partial charge in [0.1, 0.15) is 5.75 Å². The second-order valence-corrected chi connectivity index (χ2v) is 10.2. The summed E-state index contributed by atoms with van der Waals surface area (Å²) in [6, 6.07) is 20.9. The number of carbonyl (C=O) groups is 1. The number of para-hydroxylation sites is 1. The smallest absolute Gasteiger partial charge is 0.271 e. The van der Waals surface area contributed by atoms with Crippen LogP contribution in [0.2, 0.25) is 10.0 Å². The zero-order valence-electron chi connectivity index (χ0n) is 19.9. The third-order valence-electron chi connectivity index (χ3n) is 5.96. The van der Waals surface area contributed by atoms with Crippen molar-refractivity contribution < 1.29 is 9.53 Å². The Morgan fingerprint density at radius 1 is 1.08 bits per heavy atom. The molecule has 0 saturated carbocycles. The van der Waals surface area contributed by atoms with Gasteiger partial charge in [-0.2, -0.15) is 0 Å². The molecule has 0 spiro atoms. The van der Waals surface area contributed by atoms with Crippen LogP contribution in [-0.2, 0) is 4.79 Å². The van der Waals surface area contributed by atoms with Crippen LogP contribution in [0.4, 0.5) is 5.69 Å². The molecule has 1 aliphatic rings. The van der Waals surface area contributed by atoms with Gasteiger partial charge in [-0.25, -0.2) is 4.99 Å². The molecule has 0 radical (unpaired) electrons. The zero-order valence-corrected chi connectivity index (χ0v) is 22.2. The van der Waals surface area contributed by atoms with Crippen LogP contribution in [0.3, 0.4) is 0 Å². The van der Waals surface area contributed by atoms with Gasteiger partial charge < -0.3 is 10.1 Å². The van der Waals surface area contributed by atoms with E-state index < -0.39 is 6.04 Å². The van der Waals surface area contributed by atoms with Crippen LogP contribution in [-0.4, -0.2) is 17.6 Å². The van der Waals surface area contributed by atoms with Gasteiger partial charge in [0.15, 0.2) is 4.80 Å². The number of carbonyl (C=O) groups excluding carboxylic acids is 1. The lowest BCUT2D eigenvalue weighted by atomic mass is 9.95. The first-order valence-corrected chi connectivity index (χ1v) is 12.9. The van der Waals surface area contributed by atoms with E-state index in [4.69, 9.17) is 27.9 Å². The lowest BCUT2D eigenvalue weighted by Gasteiger charge is -2.25. The second kappa shape index (κ2) is 10.4. The molecule has 0 bridgehead atoms. The highest BCUT2D eigenvalue weighted by Crippen LogP contribution is 2.31. The zero-order chi connectivity index (χ0) is 26.1. The predicted octanol–water partition coefficient (Wildman–Crippen LogP) is 5.19. The van der Waals surface area contributed by atoms with Crippen molar-refractivity contribution >= 4 is 52.2 Å². The number of amides is 1. The molecule has 1 aromatic heterocycles. The summed E-state index contributed by atoms with van der Waals surface area (Å²) in [5.41, 5.74) is 2.81. The molecule has 5 rings (SSSR count). The van der Waals surface area contributed by atoms with Crippen LogP contribution in [0.1, 0.15) is 24.1 Å². The number of ether oxygens (including phenoxy) is 1. The molecule has 0 saturated heterocycles. The minimum atomic E-state index is -0.682. The summed E-state index contributed by atoms with van der Waals surface area (Å²) in [4.78, 5) is 32.5. The maximum Gasteiger partial charge on any atom is 0.271 e. The maximum absolute atomic E-state index is 13.8. The van der Waals surface area contributed by atoms with Crippen molar-refractivity contribution in [3.05, 3.63) is 125 Å². The van der Waals surface area contributed by atoms with Crippen LogP contribution in [0.25, 0.3) is 6.08 Å². The number of allylic oxidation sites excluding steroid dienone is 1. The van der Waals surface area contributed by atoms with Gasteiger partial charge in [0.25, 0.3) is 11.5 Å². The highest BCUT2D eigenvalue weighted by Gasteiger charge is 2.32. The number of halogens is 2. The molecule has 0 fully saturated rings. The van der Waals surface area contributed by atoms with Gasteiger partial charge in [0.05, 0.1) is 34.0 Å². The Balaban J connectivity index is 1.66. The quantitative estimate of drug-likeness (QED) is 0.372. The van der Waals surface area contributed by atoms with Gasteiger partial charge in [-0.15, -0.1) is 0 Å². The third-order valence-corrected chi connectivity index (χ3v) is 7.49. The van der Waals surface area contributed by atoms with Crippen molar-refractivity contribution in [3.8, 4) is 5.75 Å². The molecule has 37 heavy (non-hydrogen) atoms. The number of rotatable bonds is 5. The molecule has 0 aliphatic carbocycles. The van der Waals surface area contributed by atoms with E-state index in [1.165, 1.54) is 11.3 Å². The number of methoxy groups -OCH3 is 1. The first-order valence-electron chi connectivity index (χ1n) is 11.3. The van der Waals surface area contributed by atoms with Gasteiger partial charge in [0.2, 0.25) is 0 Å². The Hall–Kier alpha value is -3.65. The first-order chi connectivity index (χ1) is 17.9. The number of thiazole rings is 1. The van der Waals surface area contributed by atoms with Crippen LogP contribution in [0.5, 0.6) is 5.75 Å². The molecule has 0 unspecified atom stereocenters. The van der Waals surface area contributed by atoms with Gasteiger partial charge in [-0.05, 0) is 60.5 Å². The van der Waals surface area contributed by atoms with E-state index in [2.05, 4.69) is 10.3 Å². The van der Waals surface area contributed by atoms with Crippen LogP contribution >= 0.6 is 34.5 Å². The highest BCUT2D eigenvalue weighted by molar-refractivity contribution is 7.07. The highest BCUT2D eigenvalue weighted by atomic mass is 35.5. The average Bonchev–Trinajstić information content (AvgIpc) is 3.18. The molecule has 1 N–H and O–H groups in total. The largest absolute Gasteiger partial charge is 0.495 e. The Kier molecular flexibility index (Phi) is 7.02. The number of benzene rings is 3. The number of anilines is 1. The van der Waals surface area contributed by atoms with E-state index in [-0.39, 0.29) is 11.5 Å². The van der Waals surface area contributed by atoms with E-state index in [9.17, 15) is 9.59 Å². The Morgan fingerprint density at radius 2 is 1.81 bits per heavy atom. The predicted molar refractivity (Wildman–Crippen MR) is 148 cm³/mol. The second-order valence-electron chi connectivity index (χ2n) is 8.35. The summed E-state index contributed by atoms with van der Waals surface area (Å²) in [5.74, 6) is 0.219. The summed E-state index contributed by atoms with van der Waals surface area (Å²) in [5, 5.41) is 3.94. The van der Waals surface area contributed by atoms with E-state index in [1.807, 2.05) is 36.4 Å². The van der Waals surface area contributed by atoms with E-state index >= 15 is 0 Å². The van der Waals surface area contributed by atoms with Crippen molar-refractivity contribution in [2.45, 2.75) is 13.0 Å². The lowest BCUT2D eigenvalue weighted by molar-refractivity contribution is -0.113. The molecular weight excluding hydrogens is 529 g/mol. The Labute approximate surface area is 226 Å². The Morgan fingerprint density at radius 3 is 2.49 bits per heavy atom. The number of fused-ring (bicyclic) bond motifs is 1. The topological polar surface area (TPSA) is 72.7 Å². The molecule has 1 amide bonds. The average molecular weight is 550 g/mol. The van der Waals surface area contributed by atoms with Crippen molar-refractivity contribution in [1.82, 2.24) is 4.57 Å². The van der Waals surface area contributed by atoms with Gasteiger partial charge >= 0.3 is 0 Å². The van der Waals surface area contributed by atoms with Crippen LogP contribution < -0.4 is 24.9 Å². The molecule has 3 aromatic carbocycles. The number of aromatic nitrogens is 1. The fourth-order valence-electron chi connectivity index (χ4n) is 4.22. The van der Waals surface area contributed by atoms with Crippen molar-refractivity contribution in [2.24, 2.45) is 4.99 Å². The number of hydrogen-bond donors (Lipinski definition) is 1. The summed E-state index contributed by atoms with van der Waals surface area (Å²) in [6.07, 6.45) is 1.76. The number of nitrogens with one attached hydrogen (secondary N) is 1. The Bertz CT molecular complexity index is 1710. The number of hydrogen-bond acceptors (Lipinski definition) is 5. The molecule has 4 aromatic rings. The fraction of sp³-hybridized carbons (Fsp3) is 0.107. The standard InChI is InChI=1S/C28H21Cl2N3O3S/c1-16-24(26(34)32-20-6-4-3-5-7-20)25(18-9-11-19(29)12-10-18)33-27(35)23(37-28(33)31-16)15-17-8-13-22(36-2)21(30)14-17/h3-15,25H,1-2H3,(H,32,34)/b23-15+/t25-/m0/s1. The van der Waals surface area contributed by atoms with Gasteiger partial charge in [-0.1, -0.05) is 70.9 Å². The van der Waals surface area contributed by atoms with Crippen molar-refractivity contribution in [3.63, 3.8) is 0 Å². The summed E-state index contributed by atoms with van der Waals surface area (Å²) in [6.45, 7) is 1.78. The summed E-state index contributed by atoms with van der Waals surface area (Å²) >= 11 is 13.7. The van der Waals surface area contributed by atoms with Crippen molar-refractivity contribution in [1.29, 1.82) is 0 Å². The van der Waals surface area contributed by atoms with E-state index in [1.54, 1.807) is 61.1 Å². The fourth-order valence-corrected chi connectivity index (χ4v) is 5.65. The van der Waals surface area contributed by atoms with Gasteiger partial charge in [-0.3, -0.25) is 14.2 Å². The third kappa shape index (κ3) is 4.98. The number of nitrogens with zero attached hydrogens (tertiary/aromatic N) is 2. The molecule has 1 atom stereocenters. The van der Waals surface area contributed by atoms with Crippen molar-refractivity contribution in [2.75, 3.05) is 12.4 Å². The minimum absolute atomic E-state index is 0.256. The van der Waals surface area contributed by atoms with E-state index in [0.717, 1.165) is 11.1 Å². The molecule has 186 valence electrons. The minimum Gasteiger partial charge on any atom is -0.495 e. The van der Waals surface area contributed by atoms with E-state index in [0.29, 0.717) is 42.1 Å². The molecule has 9 heteroatoms. The monoisotopic (exact) mass is 549 g/mol. The molecule has 1 aliphatic heterocycles. The first kappa shape index (κ1) is 25.0.